The van der Waals surface area contributed by atoms with Gasteiger partial charge in [-0.15, -0.1) is 10.2 Å². The summed E-state index contributed by atoms with van der Waals surface area (Å²) in [7, 11) is 0. The van der Waals surface area contributed by atoms with Gasteiger partial charge in [0.25, 0.3) is 11.1 Å². The number of aromatic nitrogens is 3. The van der Waals surface area contributed by atoms with Gasteiger partial charge in [0.05, 0.1) is 5.75 Å². The van der Waals surface area contributed by atoms with Crippen LogP contribution < -0.4 is 4.74 Å². The molecule has 0 radical (unpaired) electrons. The van der Waals surface area contributed by atoms with Gasteiger partial charge in [-0.1, -0.05) is 36.9 Å². The summed E-state index contributed by atoms with van der Waals surface area (Å²) in [6.45, 7) is 3.84. The van der Waals surface area contributed by atoms with Gasteiger partial charge in [-0.3, -0.25) is 4.79 Å². The predicted molar refractivity (Wildman–Crippen MR) is 112 cm³/mol. The van der Waals surface area contributed by atoms with Gasteiger partial charge in [-0.2, -0.15) is 0 Å². The normalized spacial score (nSPS) is 12.2. The molecule has 0 aliphatic heterocycles. The number of nitrogens with one attached hydrogen (secondary N) is 1. The van der Waals surface area contributed by atoms with Crippen molar-refractivity contribution in [2.75, 3.05) is 5.75 Å². The molecule has 0 spiro atoms. The Bertz CT molecular complexity index is 1170. The minimum atomic E-state index is -0.505. The van der Waals surface area contributed by atoms with Crippen molar-refractivity contribution < 1.29 is 18.3 Å². The van der Waals surface area contributed by atoms with Crippen LogP contribution in [0.5, 0.6) is 5.75 Å². The average molecular weight is 425 g/mol. The number of fused-ring (bicyclic) bond motifs is 1. The molecule has 0 amide bonds. The Morgan fingerprint density at radius 2 is 2.03 bits per heavy atom. The highest BCUT2D eigenvalue weighted by atomic mass is 32.2. The number of para-hydroxylation sites is 1. The number of aryl methyl sites for hydroxylation is 1. The third-order valence-corrected chi connectivity index (χ3v) is 5.52. The minimum absolute atomic E-state index is 0.0186. The van der Waals surface area contributed by atoms with Gasteiger partial charge in [0.15, 0.2) is 11.9 Å². The molecule has 1 unspecified atom stereocenters. The molecule has 0 fully saturated rings. The highest BCUT2D eigenvalue weighted by molar-refractivity contribution is 7.99. The first kappa shape index (κ1) is 20.2. The maximum Gasteiger partial charge on any atom is 0.277 e. The van der Waals surface area contributed by atoms with Crippen LogP contribution in [0.3, 0.4) is 0 Å². The Morgan fingerprint density at radius 1 is 1.23 bits per heavy atom. The molecule has 0 bridgehead atoms. The second kappa shape index (κ2) is 8.71. The number of ether oxygens (including phenoxy) is 1. The van der Waals surface area contributed by atoms with E-state index in [2.05, 4.69) is 28.2 Å². The van der Waals surface area contributed by atoms with Crippen LogP contribution in [0.1, 0.15) is 41.8 Å². The third-order valence-electron chi connectivity index (χ3n) is 4.71. The second-order valence-corrected chi connectivity index (χ2v) is 7.65. The van der Waals surface area contributed by atoms with Crippen LogP contribution >= 0.6 is 11.8 Å². The number of H-pyrrole nitrogens is 1. The molecule has 2 aromatic carbocycles. The predicted octanol–water partition coefficient (Wildman–Crippen LogP) is 5.37. The highest BCUT2D eigenvalue weighted by Crippen LogP contribution is 2.27. The molecule has 4 aromatic rings. The van der Waals surface area contributed by atoms with Crippen LogP contribution in [0.25, 0.3) is 10.9 Å². The van der Waals surface area contributed by atoms with Crippen LogP contribution in [0.4, 0.5) is 4.39 Å². The van der Waals surface area contributed by atoms with Gasteiger partial charge in [0.1, 0.15) is 11.6 Å². The molecule has 4 rings (SSSR count). The topological polar surface area (TPSA) is 81.0 Å². The first-order valence-corrected chi connectivity index (χ1v) is 10.5. The molecule has 2 aromatic heterocycles. The van der Waals surface area contributed by atoms with E-state index in [4.69, 9.17) is 9.15 Å². The lowest BCUT2D eigenvalue weighted by molar-refractivity contribution is 0.102. The SMILES string of the molecule is CCc1cccc2c(C(=O)CSc3nnc(C(C)Oc4ccc(F)cc4)o3)c[nH]c12. The number of ketones is 1. The number of halogens is 1. The van der Waals surface area contributed by atoms with Gasteiger partial charge in [0, 0.05) is 22.7 Å². The Morgan fingerprint density at radius 3 is 2.80 bits per heavy atom. The van der Waals surface area contributed by atoms with E-state index in [9.17, 15) is 9.18 Å². The van der Waals surface area contributed by atoms with Gasteiger partial charge < -0.3 is 14.1 Å². The van der Waals surface area contributed by atoms with Crippen LogP contribution in [-0.2, 0) is 6.42 Å². The zero-order valence-electron chi connectivity index (χ0n) is 16.5. The third kappa shape index (κ3) is 4.23. The van der Waals surface area contributed by atoms with Crippen LogP contribution in [-0.4, -0.2) is 26.7 Å². The molecule has 0 aliphatic carbocycles. The van der Waals surface area contributed by atoms with E-state index in [-0.39, 0.29) is 23.2 Å². The van der Waals surface area contributed by atoms with E-state index in [0.717, 1.165) is 17.3 Å². The molecule has 8 heteroatoms. The number of rotatable bonds is 8. The van der Waals surface area contributed by atoms with Crippen molar-refractivity contribution >= 4 is 28.4 Å². The fraction of sp³-hybridized carbons (Fsp3) is 0.227. The summed E-state index contributed by atoms with van der Waals surface area (Å²) in [5, 5.41) is 9.19. The van der Waals surface area contributed by atoms with E-state index in [1.807, 2.05) is 12.1 Å². The van der Waals surface area contributed by atoms with E-state index >= 15 is 0 Å². The number of nitrogens with zero attached hydrogens (tertiary/aromatic N) is 2. The van der Waals surface area contributed by atoms with Gasteiger partial charge in [-0.05, 0) is 43.2 Å². The van der Waals surface area contributed by atoms with Crippen molar-refractivity contribution in [2.24, 2.45) is 0 Å². The van der Waals surface area contributed by atoms with Crippen molar-refractivity contribution in [2.45, 2.75) is 31.6 Å². The summed E-state index contributed by atoms with van der Waals surface area (Å²) < 4.78 is 24.3. The number of carbonyl (C=O) groups is 1. The Kier molecular flexibility index (Phi) is 5.85. The van der Waals surface area contributed by atoms with E-state index in [1.54, 1.807) is 13.1 Å². The van der Waals surface area contributed by atoms with E-state index < -0.39 is 6.10 Å². The van der Waals surface area contributed by atoms with Crippen LogP contribution in [0.15, 0.2) is 58.3 Å². The van der Waals surface area contributed by atoms with Gasteiger partial charge in [-0.25, -0.2) is 4.39 Å². The second-order valence-electron chi connectivity index (χ2n) is 6.73. The fourth-order valence-corrected chi connectivity index (χ4v) is 3.81. The lowest BCUT2D eigenvalue weighted by atomic mass is 10.1. The Hall–Kier alpha value is -3.13. The minimum Gasteiger partial charge on any atom is -0.481 e. The monoisotopic (exact) mass is 425 g/mol. The number of hydrogen-bond donors (Lipinski definition) is 1. The van der Waals surface area contributed by atoms with E-state index in [0.29, 0.717) is 16.5 Å². The lowest BCUT2D eigenvalue weighted by Gasteiger charge is -2.10. The smallest absolute Gasteiger partial charge is 0.277 e. The summed E-state index contributed by atoms with van der Waals surface area (Å²) in [4.78, 5) is 15.9. The molecule has 0 saturated carbocycles. The van der Waals surface area contributed by atoms with Crippen molar-refractivity contribution in [1.82, 2.24) is 15.2 Å². The van der Waals surface area contributed by atoms with Crippen LogP contribution in [0, 0.1) is 5.82 Å². The molecule has 2 heterocycles. The molecular weight excluding hydrogens is 405 g/mol. The molecule has 0 saturated heterocycles. The maximum atomic E-state index is 13.0. The molecule has 154 valence electrons. The number of hydrogen-bond acceptors (Lipinski definition) is 6. The average Bonchev–Trinajstić information content (AvgIpc) is 3.41. The largest absolute Gasteiger partial charge is 0.481 e. The summed E-state index contributed by atoms with van der Waals surface area (Å²) in [6, 6.07) is 11.7. The quantitative estimate of drug-likeness (QED) is 0.302. The highest BCUT2D eigenvalue weighted by Gasteiger charge is 2.18. The Labute approximate surface area is 176 Å². The van der Waals surface area contributed by atoms with E-state index in [1.165, 1.54) is 41.6 Å². The molecule has 1 atom stereocenters. The number of carbonyl (C=O) groups excluding carboxylic acids is 1. The lowest BCUT2D eigenvalue weighted by Crippen LogP contribution is -2.03. The summed E-state index contributed by atoms with van der Waals surface area (Å²) in [5.74, 6) is 0.608. The first-order valence-electron chi connectivity index (χ1n) is 9.55. The summed E-state index contributed by atoms with van der Waals surface area (Å²) in [5.41, 5.74) is 2.83. The van der Waals surface area contributed by atoms with Crippen molar-refractivity contribution in [3.8, 4) is 5.75 Å². The number of aromatic amines is 1. The zero-order valence-corrected chi connectivity index (χ0v) is 17.3. The summed E-state index contributed by atoms with van der Waals surface area (Å²) in [6.07, 6.45) is 2.14. The Balaban J connectivity index is 1.39. The van der Waals surface area contributed by atoms with Gasteiger partial charge in [0.2, 0.25) is 0 Å². The van der Waals surface area contributed by atoms with Crippen molar-refractivity contribution in [1.29, 1.82) is 0 Å². The molecule has 6 nitrogen and oxygen atoms in total. The molecule has 1 N–H and O–H groups in total. The number of benzene rings is 2. The standard InChI is InChI=1S/C22H20FN3O3S/c1-3-14-5-4-6-17-18(11-24-20(14)17)19(27)12-30-22-26-25-21(29-22)13(2)28-16-9-7-15(23)8-10-16/h4-11,13,24H,3,12H2,1-2H3. The van der Waals surface area contributed by atoms with Gasteiger partial charge >= 0.3 is 0 Å². The molecule has 30 heavy (non-hydrogen) atoms. The molecular formula is C22H20FN3O3S. The fourth-order valence-electron chi connectivity index (χ4n) is 3.16. The van der Waals surface area contributed by atoms with Crippen molar-refractivity contribution in [3.05, 3.63) is 71.5 Å². The maximum absolute atomic E-state index is 13.0. The van der Waals surface area contributed by atoms with Crippen LogP contribution in [0.2, 0.25) is 0 Å². The van der Waals surface area contributed by atoms with Crippen molar-refractivity contribution in [3.63, 3.8) is 0 Å². The summed E-state index contributed by atoms with van der Waals surface area (Å²) >= 11 is 1.18. The number of Topliss-reactive ketones (excluding diaryl/α,β-unsaturated/α-hetero) is 1. The number of thioether (sulfide) groups is 1. The first-order chi connectivity index (χ1) is 14.5. The zero-order chi connectivity index (χ0) is 21.1. The molecule has 0 aliphatic rings.